The molecule has 0 atom stereocenters. The molecule has 0 bridgehead atoms. The third kappa shape index (κ3) is 6.39. The van der Waals surface area contributed by atoms with E-state index in [1.807, 2.05) is 6.92 Å². The van der Waals surface area contributed by atoms with E-state index in [0.29, 0.717) is 0 Å². The second-order valence-electron chi connectivity index (χ2n) is 5.89. The number of aliphatic hydroxyl groups excluding tert-OH is 1. The zero-order chi connectivity index (χ0) is 16.1. The summed E-state index contributed by atoms with van der Waals surface area (Å²) in [5, 5.41) is 8.84. The zero-order valence-corrected chi connectivity index (χ0v) is 13.6. The summed E-state index contributed by atoms with van der Waals surface area (Å²) in [6, 6.07) is 5.78. The van der Waals surface area contributed by atoms with Crippen LogP contribution in [0.4, 0.5) is 0 Å². The third-order valence-electron chi connectivity index (χ3n) is 3.31. The lowest BCUT2D eigenvalue weighted by Crippen LogP contribution is -2.44. The molecule has 1 aromatic carbocycles. The van der Waals surface area contributed by atoms with Gasteiger partial charge >= 0.3 is 0 Å². The molecule has 1 heterocycles. The number of benzene rings is 1. The Morgan fingerprint density at radius 3 is 2.19 bits per heavy atom. The minimum absolute atomic E-state index is 0.178. The largest absolute Gasteiger partial charge is 0.744 e. The van der Waals surface area contributed by atoms with Crippen molar-refractivity contribution in [1.82, 2.24) is 0 Å². The Labute approximate surface area is 126 Å². The molecule has 2 rings (SSSR count). The SMILES string of the molecule is C[N+]1(C)CCC=C(CO)C1.Cc1ccc(S(=O)(=O)[O-])cc1. The van der Waals surface area contributed by atoms with Crippen LogP contribution < -0.4 is 0 Å². The molecule has 0 saturated carbocycles. The fourth-order valence-electron chi connectivity index (χ4n) is 2.13. The van der Waals surface area contributed by atoms with Gasteiger partial charge in [-0.15, -0.1) is 0 Å². The van der Waals surface area contributed by atoms with Crippen molar-refractivity contribution in [3.63, 3.8) is 0 Å². The van der Waals surface area contributed by atoms with Crippen molar-refractivity contribution in [2.75, 3.05) is 33.8 Å². The average Bonchev–Trinajstić information content (AvgIpc) is 2.37. The van der Waals surface area contributed by atoms with Crippen LogP contribution in [0.1, 0.15) is 12.0 Å². The Bertz CT molecular complexity index is 589. The van der Waals surface area contributed by atoms with Gasteiger partial charge in [0.15, 0.2) is 0 Å². The molecular formula is C15H23NO4S. The summed E-state index contributed by atoms with van der Waals surface area (Å²) in [7, 11) is 0.125. The van der Waals surface area contributed by atoms with Crippen LogP contribution in [0.15, 0.2) is 40.8 Å². The van der Waals surface area contributed by atoms with Crippen LogP contribution in [-0.2, 0) is 10.1 Å². The molecule has 0 fully saturated rings. The van der Waals surface area contributed by atoms with Gasteiger partial charge < -0.3 is 14.1 Å². The van der Waals surface area contributed by atoms with Crippen LogP contribution in [0.3, 0.4) is 0 Å². The van der Waals surface area contributed by atoms with Gasteiger partial charge in [0.2, 0.25) is 0 Å². The molecule has 0 aromatic heterocycles. The van der Waals surface area contributed by atoms with Crippen molar-refractivity contribution in [2.45, 2.75) is 18.2 Å². The standard InChI is InChI=1S/C8H16NO.C7H8O3S/c1-9(2)5-3-4-8(6-9)7-10;1-6-2-4-7(5-3-6)11(8,9)10/h4,10H,3,5-7H2,1-2H3;2-5H,1H3,(H,8,9,10)/q+1;/p-1. The molecule has 0 unspecified atom stereocenters. The third-order valence-corrected chi connectivity index (χ3v) is 4.16. The van der Waals surface area contributed by atoms with Gasteiger partial charge in [0.1, 0.15) is 16.7 Å². The number of aryl methyl sites for hydroxylation is 1. The molecular weight excluding hydrogens is 290 g/mol. The highest BCUT2D eigenvalue weighted by molar-refractivity contribution is 7.85. The number of hydrogen-bond acceptors (Lipinski definition) is 4. The van der Waals surface area contributed by atoms with Gasteiger partial charge in [0.05, 0.1) is 32.1 Å². The van der Waals surface area contributed by atoms with E-state index in [9.17, 15) is 13.0 Å². The quantitative estimate of drug-likeness (QED) is 0.507. The second-order valence-corrected chi connectivity index (χ2v) is 7.27. The molecule has 21 heavy (non-hydrogen) atoms. The van der Waals surface area contributed by atoms with Crippen LogP contribution in [0.25, 0.3) is 0 Å². The van der Waals surface area contributed by atoms with Crippen molar-refractivity contribution in [3.8, 4) is 0 Å². The van der Waals surface area contributed by atoms with Crippen LogP contribution in [-0.4, -0.2) is 56.4 Å². The minimum atomic E-state index is -4.27. The maximum Gasteiger partial charge on any atom is 0.124 e. The lowest BCUT2D eigenvalue weighted by Gasteiger charge is -2.33. The number of aliphatic hydroxyl groups is 1. The van der Waals surface area contributed by atoms with Crippen molar-refractivity contribution in [3.05, 3.63) is 41.5 Å². The second kappa shape index (κ2) is 7.17. The van der Waals surface area contributed by atoms with Gasteiger partial charge in [-0.1, -0.05) is 23.8 Å². The number of rotatable bonds is 2. The summed E-state index contributed by atoms with van der Waals surface area (Å²) >= 11 is 0. The molecule has 118 valence electrons. The maximum atomic E-state index is 10.4. The molecule has 0 aliphatic carbocycles. The molecule has 1 aromatic rings. The molecule has 1 N–H and O–H groups in total. The van der Waals surface area contributed by atoms with Crippen LogP contribution >= 0.6 is 0 Å². The summed E-state index contributed by atoms with van der Waals surface area (Å²) < 4.78 is 32.2. The van der Waals surface area contributed by atoms with Crippen molar-refractivity contribution >= 4 is 10.1 Å². The van der Waals surface area contributed by atoms with E-state index in [4.69, 9.17) is 5.11 Å². The fourth-order valence-corrected chi connectivity index (χ4v) is 2.60. The van der Waals surface area contributed by atoms with E-state index in [1.165, 1.54) is 24.3 Å². The summed E-state index contributed by atoms with van der Waals surface area (Å²) in [6.45, 7) is 4.27. The Hall–Kier alpha value is -1.21. The van der Waals surface area contributed by atoms with Crippen molar-refractivity contribution in [1.29, 1.82) is 0 Å². The Kier molecular flexibility index (Phi) is 6.10. The highest BCUT2D eigenvalue weighted by Gasteiger charge is 2.19. The lowest BCUT2D eigenvalue weighted by molar-refractivity contribution is -0.887. The number of quaternary nitrogens is 1. The van der Waals surface area contributed by atoms with Gasteiger partial charge in [0.25, 0.3) is 0 Å². The summed E-state index contributed by atoms with van der Waals surface area (Å²) in [5.41, 5.74) is 2.12. The van der Waals surface area contributed by atoms with E-state index in [1.54, 1.807) is 12.1 Å². The zero-order valence-electron chi connectivity index (χ0n) is 12.7. The van der Waals surface area contributed by atoms with E-state index in [2.05, 4.69) is 20.2 Å². The van der Waals surface area contributed by atoms with E-state index in [0.717, 1.165) is 23.0 Å². The van der Waals surface area contributed by atoms with Crippen molar-refractivity contribution < 1.29 is 22.6 Å². The molecule has 0 saturated heterocycles. The smallest absolute Gasteiger partial charge is 0.124 e. The topological polar surface area (TPSA) is 77.4 Å². The van der Waals surface area contributed by atoms with Crippen molar-refractivity contribution in [2.24, 2.45) is 0 Å². The molecule has 0 radical (unpaired) electrons. The van der Waals surface area contributed by atoms with Gasteiger partial charge in [-0.05, 0) is 19.1 Å². The average molecular weight is 313 g/mol. The molecule has 1 aliphatic rings. The summed E-state index contributed by atoms with van der Waals surface area (Å²) in [6.07, 6.45) is 3.27. The fraction of sp³-hybridized carbons (Fsp3) is 0.467. The van der Waals surface area contributed by atoms with Crippen LogP contribution in [0.2, 0.25) is 0 Å². The Morgan fingerprint density at radius 1 is 1.24 bits per heavy atom. The number of hydrogen-bond donors (Lipinski definition) is 1. The van der Waals surface area contributed by atoms with E-state index < -0.39 is 10.1 Å². The molecule has 0 spiro atoms. The number of nitrogens with zero attached hydrogens (tertiary/aromatic N) is 1. The Balaban J connectivity index is 0.000000211. The highest BCUT2D eigenvalue weighted by Crippen LogP contribution is 2.12. The van der Waals surface area contributed by atoms with Crippen LogP contribution in [0.5, 0.6) is 0 Å². The molecule has 5 nitrogen and oxygen atoms in total. The molecule has 6 heteroatoms. The van der Waals surface area contributed by atoms with E-state index >= 15 is 0 Å². The molecule has 1 aliphatic heterocycles. The van der Waals surface area contributed by atoms with Crippen LogP contribution in [0, 0.1) is 6.92 Å². The predicted octanol–water partition coefficient (Wildman–Crippen LogP) is 1.28. The lowest BCUT2D eigenvalue weighted by atomic mass is 10.1. The van der Waals surface area contributed by atoms with Gasteiger partial charge in [-0.3, -0.25) is 0 Å². The van der Waals surface area contributed by atoms with Gasteiger partial charge in [-0.25, -0.2) is 8.42 Å². The summed E-state index contributed by atoms with van der Waals surface area (Å²) in [4.78, 5) is -0.178. The van der Waals surface area contributed by atoms with Gasteiger partial charge in [-0.2, -0.15) is 0 Å². The molecule has 0 amide bonds. The maximum absolute atomic E-state index is 10.4. The summed E-state index contributed by atoms with van der Waals surface area (Å²) in [5.74, 6) is 0. The Morgan fingerprint density at radius 2 is 1.81 bits per heavy atom. The highest BCUT2D eigenvalue weighted by atomic mass is 32.2. The first-order valence-corrected chi connectivity index (χ1v) is 8.18. The van der Waals surface area contributed by atoms with E-state index in [-0.39, 0.29) is 11.5 Å². The normalized spacial score (nSPS) is 17.5. The predicted molar refractivity (Wildman–Crippen MR) is 80.8 cm³/mol. The first-order valence-electron chi connectivity index (χ1n) is 6.77. The monoisotopic (exact) mass is 313 g/mol. The first-order chi connectivity index (χ1) is 9.64. The number of likely N-dealkylation sites (N-methyl/N-ethyl adjacent to an activating group) is 1. The minimum Gasteiger partial charge on any atom is -0.744 e. The van der Waals surface area contributed by atoms with Gasteiger partial charge in [0, 0.05) is 12.0 Å². The first kappa shape index (κ1) is 17.8.